The number of nitrogens with zero attached hydrogens (tertiary/aromatic N) is 2. The van der Waals surface area contributed by atoms with Gasteiger partial charge in [-0.15, -0.1) is 0 Å². The Morgan fingerprint density at radius 3 is 2.25 bits per heavy atom. The van der Waals surface area contributed by atoms with Gasteiger partial charge in [0.25, 0.3) is 5.91 Å². The molecule has 6 nitrogen and oxygen atoms in total. The molecule has 32 heavy (non-hydrogen) atoms. The molecule has 1 fully saturated rings. The number of rotatable bonds is 6. The molecule has 1 amide bonds. The second-order valence-corrected chi connectivity index (χ2v) is 8.97. The van der Waals surface area contributed by atoms with Crippen LogP contribution in [-0.2, 0) is 11.8 Å². The normalized spacial score (nSPS) is 15.3. The van der Waals surface area contributed by atoms with Crippen LogP contribution in [0.1, 0.15) is 81.5 Å². The average Bonchev–Trinajstić information content (AvgIpc) is 3.02. The van der Waals surface area contributed by atoms with Gasteiger partial charge >= 0.3 is 5.97 Å². The maximum absolute atomic E-state index is 13.8. The molecular weight excluding hydrogens is 428 g/mol. The van der Waals surface area contributed by atoms with Gasteiger partial charge in [-0.05, 0) is 63.4 Å². The van der Waals surface area contributed by atoms with Crippen LogP contribution in [0.3, 0.4) is 0 Å². The van der Waals surface area contributed by atoms with E-state index in [1.165, 1.54) is 7.11 Å². The zero-order valence-corrected chi connectivity index (χ0v) is 20.2. The van der Waals surface area contributed by atoms with Crippen molar-refractivity contribution in [3.05, 3.63) is 57.4 Å². The molecule has 0 aliphatic heterocycles. The fourth-order valence-electron chi connectivity index (χ4n) is 4.82. The van der Waals surface area contributed by atoms with Gasteiger partial charge in [0.05, 0.1) is 13.2 Å². The van der Waals surface area contributed by atoms with Gasteiger partial charge in [-0.1, -0.05) is 30.9 Å². The molecule has 2 aromatic rings. The topological polar surface area (TPSA) is 68.6 Å². The Bertz CT molecular complexity index is 1020. The summed E-state index contributed by atoms with van der Waals surface area (Å²) in [4.78, 5) is 41.4. The van der Waals surface area contributed by atoms with Crippen molar-refractivity contribution in [2.24, 2.45) is 7.05 Å². The lowest BCUT2D eigenvalue weighted by molar-refractivity contribution is 0.0486. The summed E-state index contributed by atoms with van der Waals surface area (Å²) in [6.45, 7) is 5.35. The molecule has 1 saturated carbocycles. The summed E-state index contributed by atoms with van der Waals surface area (Å²) in [6, 6.07) is 6.10. The van der Waals surface area contributed by atoms with E-state index in [0.717, 1.165) is 32.1 Å². The minimum Gasteiger partial charge on any atom is -0.464 e. The van der Waals surface area contributed by atoms with Crippen molar-refractivity contribution >= 4 is 29.3 Å². The minimum atomic E-state index is -0.674. The number of ether oxygens (including phenoxy) is 1. The Morgan fingerprint density at radius 1 is 1.09 bits per heavy atom. The highest BCUT2D eigenvalue weighted by Gasteiger charge is 2.36. The van der Waals surface area contributed by atoms with Crippen LogP contribution in [-0.4, -0.2) is 46.3 Å². The summed E-state index contributed by atoms with van der Waals surface area (Å²) in [7, 11) is 3.07. The van der Waals surface area contributed by atoms with E-state index in [2.05, 4.69) is 0 Å². The van der Waals surface area contributed by atoms with Crippen LogP contribution in [0.25, 0.3) is 0 Å². The first-order valence-corrected chi connectivity index (χ1v) is 11.4. The molecule has 1 aromatic heterocycles. The summed E-state index contributed by atoms with van der Waals surface area (Å²) in [6.07, 6.45) is 4.95. The average molecular weight is 459 g/mol. The Morgan fingerprint density at radius 2 is 1.69 bits per heavy atom. The van der Waals surface area contributed by atoms with Crippen molar-refractivity contribution < 1.29 is 19.1 Å². The number of hydrogen-bond acceptors (Lipinski definition) is 4. The van der Waals surface area contributed by atoms with Gasteiger partial charge in [-0.25, -0.2) is 4.79 Å². The molecular formula is C25H31ClN2O4. The Kier molecular flexibility index (Phi) is 7.44. The summed E-state index contributed by atoms with van der Waals surface area (Å²) in [5.41, 5.74) is 2.61. The molecule has 1 aliphatic carbocycles. The molecule has 0 spiro atoms. The number of esters is 1. The first-order valence-electron chi connectivity index (χ1n) is 11.1. The van der Waals surface area contributed by atoms with E-state index in [9.17, 15) is 14.4 Å². The van der Waals surface area contributed by atoms with Crippen LogP contribution < -0.4 is 0 Å². The molecule has 3 rings (SSSR count). The zero-order valence-electron chi connectivity index (χ0n) is 19.4. The predicted octanol–water partition coefficient (Wildman–Crippen LogP) is 5.13. The van der Waals surface area contributed by atoms with E-state index in [4.69, 9.17) is 16.3 Å². The van der Waals surface area contributed by atoms with Gasteiger partial charge < -0.3 is 14.2 Å². The number of methoxy groups -OCH3 is 1. The SMILES string of the molecule is COC(=O)c1c(C)c(C(=O)[C@H](C)N(C(=O)c2ccc(Cl)cc2)C2CCCCC2)c(C)n1C. The fourth-order valence-corrected chi connectivity index (χ4v) is 4.95. The number of aromatic nitrogens is 1. The summed E-state index contributed by atoms with van der Waals surface area (Å²) < 4.78 is 6.60. The third-order valence-corrected chi connectivity index (χ3v) is 6.90. The van der Waals surface area contributed by atoms with Crippen LogP contribution in [0.4, 0.5) is 0 Å². The second kappa shape index (κ2) is 9.90. The first-order chi connectivity index (χ1) is 15.2. The van der Waals surface area contributed by atoms with E-state index in [-0.39, 0.29) is 17.7 Å². The molecule has 0 unspecified atom stereocenters. The largest absolute Gasteiger partial charge is 0.464 e. The van der Waals surface area contributed by atoms with E-state index in [1.54, 1.807) is 54.6 Å². The predicted molar refractivity (Wildman–Crippen MR) is 125 cm³/mol. The molecule has 0 radical (unpaired) electrons. The number of ketones is 1. The third-order valence-electron chi connectivity index (χ3n) is 6.65. The van der Waals surface area contributed by atoms with Crippen LogP contribution in [0.15, 0.2) is 24.3 Å². The van der Waals surface area contributed by atoms with Gasteiger partial charge in [-0.2, -0.15) is 0 Å². The Balaban J connectivity index is 2.02. The molecule has 0 saturated heterocycles. The van der Waals surface area contributed by atoms with Crippen molar-refractivity contribution in [3.63, 3.8) is 0 Å². The van der Waals surface area contributed by atoms with Crippen molar-refractivity contribution in [2.75, 3.05) is 7.11 Å². The quantitative estimate of drug-likeness (QED) is 0.444. The first kappa shape index (κ1) is 24.1. The maximum Gasteiger partial charge on any atom is 0.354 e. The molecule has 0 bridgehead atoms. The second-order valence-electron chi connectivity index (χ2n) is 8.54. The maximum atomic E-state index is 13.8. The number of halogens is 1. The summed E-state index contributed by atoms with van der Waals surface area (Å²) in [5, 5.41) is 0.556. The monoisotopic (exact) mass is 458 g/mol. The van der Waals surface area contributed by atoms with Gasteiger partial charge in [0, 0.05) is 34.9 Å². The number of Topliss-reactive ketones (excluding diaryl/α,β-unsaturated/α-hetero) is 1. The third kappa shape index (κ3) is 4.46. The molecule has 1 atom stereocenters. The van der Waals surface area contributed by atoms with Gasteiger partial charge in [0.2, 0.25) is 0 Å². The molecule has 1 aromatic carbocycles. The van der Waals surface area contributed by atoms with Gasteiger partial charge in [0.1, 0.15) is 5.69 Å². The lowest BCUT2D eigenvalue weighted by Crippen LogP contribution is -2.50. The van der Waals surface area contributed by atoms with Crippen molar-refractivity contribution in [1.29, 1.82) is 0 Å². The van der Waals surface area contributed by atoms with Crippen molar-refractivity contribution in [1.82, 2.24) is 9.47 Å². The van der Waals surface area contributed by atoms with E-state index >= 15 is 0 Å². The van der Waals surface area contributed by atoms with Crippen LogP contribution >= 0.6 is 11.6 Å². The number of carbonyl (C=O) groups excluding carboxylic acids is 3. The molecule has 0 N–H and O–H groups in total. The summed E-state index contributed by atoms with van der Waals surface area (Å²) in [5.74, 6) is -0.825. The number of hydrogen-bond donors (Lipinski definition) is 0. The highest BCUT2D eigenvalue weighted by Crippen LogP contribution is 2.30. The number of amides is 1. The smallest absolute Gasteiger partial charge is 0.354 e. The van der Waals surface area contributed by atoms with E-state index < -0.39 is 12.0 Å². The Labute approximate surface area is 194 Å². The van der Waals surface area contributed by atoms with Crippen molar-refractivity contribution in [2.45, 2.75) is 65.0 Å². The summed E-state index contributed by atoms with van der Waals surface area (Å²) >= 11 is 6.01. The molecule has 7 heteroatoms. The Hall–Kier alpha value is -2.60. The van der Waals surface area contributed by atoms with Crippen LogP contribution in [0.5, 0.6) is 0 Å². The van der Waals surface area contributed by atoms with E-state index in [0.29, 0.717) is 33.1 Å². The highest BCUT2D eigenvalue weighted by molar-refractivity contribution is 6.30. The molecule has 172 valence electrons. The fraction of sp³-hybridized carbons (Fsp3) is 0.480. The van der Waals surface area contributed by atoms with Crippen LogP contribution in [0.2, 0.25) is 5.02 Å². The minimum absolute atomic E-state index is 0.00437. The zero-order chi connectivity index (χ0) is 23.6. The highest BCUT2D eigenvalue weighted by atomic mass is 35.5. The van der Waals surface area contributed by atoms with Gasteiger partial charge in [-0.3, -0.25) is 9.59 Å². The van der Waals surface area contributed by atoms with Gasteiger partial charge in [0.15, 0.2) is 5.78 Å². The lowest BCUT2D eigenvalue weighted by atomic mass is 9.90. The number of benzene rings is 1. The van der Waals surface area contributed by atoms with Crippen molar-refractivity contribution in [3.8, 4) is 0 Å². The standard InChI is InChI=1S/C25H31ClN2O4/c1-15-21(16(2)27(4)22(15)25(31)32-5)23(29)17(3)28(20-9-7-6-8-10-20)24(30)18-11-13-19(26)14-12-18/h11-14,17,20H,6-10H2,1-5H3/t17-/m0/s1. The number of carbonyl (C=O) groups is 3. The molecule has 1 heterocycles. The molecule has 1 aliphatic rings. The van der Waals surface area contributed by atoms with E-state index in [1.807, 2.05) is 6.92 Å². The van der Waals surface area contributed by atoms with Crippen LogP contribution in [0, 0.1) is 13.8 Å². The lowest BCUT2D eigenvalue weighted by Gasteiger charge is -2.38.